The number of rotatable bonds is 6. The molecule has 8 heteroatoms. The van der Waals surface area contributed by atoms with Crippen molar-refractivity contribution >= 4 is 43.2 Å². The van der Waals surface area contributed by atoms with E-state index < -0.39 is 10.0 Å². The first-order valence-electron chi connectivity index (χ1n) is 5.28. The molecule has 0 spiro atoms. The Kier molecular flexibility index (Phi) is 5.77. The number of halogens is 1. The number of sulfonamides is 1. The van der Waals surface area contributed by atoms with Crippen LogP contribution in [-0.2, 0) is 10.0 Å². The van der Waals surface area contributed by atoms with Crippen LogP contribution in [0.3, 0.4) is 0 Å². The second-order valence-corrected chi connectivity index (χ2v) is 8.05. The monoisotopic (exact) mass is 354 g/mol. The molecule has 18 heavy (non-hydrogen) atoms. The van der Waals surface area contributed by atoms with E-state index in [-0.39, 0.29) is 5.91 Å². The second-order valence-electron chi connectivity index (χ2n) is 3.84. The Labute approximate surface area is 119 Å². The maximum absolute atomic E-state index is 11.7. The highest BCUT2D eigenvalue weighted by molar-refractivity contribution is 9.11. The van der Waals surface area contributed by atoms with E-state index in [1.54, 1.807) is 0 Å². The molecular weight excluding hydrogens is 340 g/mol. The van der Waals surface area contributed by atoms with E-state index in [9.17, 15) is 13.2 Å². The lowest BCUT2D eigenvalue weighted by Gasteiger charge is -2.04. The van der Waals surface area contributed by atoms with Crippen LogP contribution in [-0.4, -0.2) is 33.7 Å². The number of amides is 1. The number of carbonyl (C=O) groups is 1. The molecule has 0 saturated carbocycles. The van der Waals surface area contributed by atoms with E-state index >= 15 is 0 Å². The molecule has 0 aliphatic carbocycles. The van der Waals surface area contributed by atoms with E-state index in [0.717, 1.165) is 15.6 Å². The summed E-state index contributed by atoms with van der Waals surface area (Å²) in [5, 5.41) is 2.74. The van der Waals surface area contributed by atoms with Gasteiger partial charge in [-0.1, -0.05) is 0 Å². The van der Waals surface area contributed by atoms with Gasteiger partial charge < -0.3 is 5.32 Å². The Morgan fingerprint density at radius 1 is 1.44 bits per heavy atom. The minimum absolute atomic E-state index is 0.131. The maximum Gasteiger partial charge on any atom is 0.261 e. The Morgan fingerprint density at radius 2 is 2.11 bits per heavy atom. The molecule has 1 heterocycles. The number of hydrogen-bond donors (Lipinski definition) is 2. The molecule has 0 atom stereocenters. The van der Waals surface area contributed by atoms with Crippen molar-refractivity contribution in [1.82, 2.24) is 10.0 Å². The fourth-order valence-corrected chi connectivity index (χ4v) is 3.17. The minimum atomic E-state index is -3.15. The Hall–Kier alpha value is -0.440. The number of thiophene rings is 1. The summed E-state index contributed by atoms with van der Waals surface area (Å²) < 4.78 is 24.9. The molecule has 0 aliphatic rings. The summed E-state index contributed by atoms with van der Waals surface area (Å²) in [5.74, 6) is -0.131. The zero-order valence-electron chi connectivity index (χ0n) is 10.1. The molecule has 102 valence electrons. The average molecular weight is 355 g/mol. The van der Waals surface area contributed by atoms with E-state index in [0.29, 0.717) is 24.4 Å². The van der Waals surface area contributed by atoms with Gasteiger partial charge in [0.1, 0.15) is 0 Å². The van der Waals surface area contributed by atoms with Gasteiger partial charge in [0.15, 0.2) is 0 Å². The molecule has 5 nitrogen and oxygen atoms in total. The number of hydrogen-bond acceptors (Lipinski definition) is 4. The van der Waals surface area contributed by atoms with Crippen LogP contribution in [0.1, 0.15) is 21.7 Å². The lowest BCUT2D eigenvalue weighted by molar-refractivity contribution is 0.0957. The van der Waals surface area contributed by atoms with Crippen molar-refractivity contribution in [2.45, 2.75) is 13.3 Å². The van der Waals surface area contributed by atoms with Crippen molar-refractivity contribution in [3.05, 3.63) is 20.3 Å². The van der Waals surface area contributed by atoms with Crippen LogP contribution in [0.15, 0.2) is 9.85 Å². The smallest absolute Gasteiger partial charge is 0.261 e. The fraction of sp³-hybridized carbons (Fsp3) is 0.500. The van der Waals surface area contributed by atoms with Gasteiger partial charge >= 0.3 is 0 Å². The van der Waals surface area contributed by atoms with Crippen LogP contribution < -0.4 is 10.0 Å². The normalized spacial score (nSPS) is 11.5. The van der Waals surface area contributed by atoms with Crippen molar-refractivity contribution in [3.8, 4) is 0 Å². The molecule has 0 radical (unpaired) electrons. The summed E-state index contributed by atoms with van der Waals surface area (Å²) in [6.07, 6.45) is 1.67. The largest absolute Gasteiger partial charge is 0.351 e. The number of nitrogens with one attached hydrogen (secondary N) is 2. The first-order chi connectivity index (χ1) is 8.29. The average Bonchev–Trinajstić information content (AvgIpc) is 2.57. The molecule has 0 bridgehead atoms. The molecule has 0 fully saturated rings. The van der Waals surface area contributed by atoms with E-state index in [4.69, 9.17) is 0 Å². The van der Waals surface area contributed by atoms with Crippen LogP contribution in [0.4, 0.5) is 0 Å². The van der Waals surface area contributed by atoms with Crippen molar-refractivity contribution in [2.24, 2.45) is 0 Å². The highest BCUT2D eigenvalue weighted by Crippen LogP contribution is 2.27. The molecule has 0 aromatic carbocycles. The summed E-state index contributed by atoms with van der Waals surface area (Å²) >= 11 is 4.74. The zero-order chi connectivity index (χ0) is 13.8. The lowest BCUT2D eigenvalue weighted by Crippen LogP contribution is -2.28. The summed E-state index contributed by atoms with van der Waals surface area (Å²) in [6, 6.07) is 1.82. The molecule has 1 aromatic rings. The van der Waals surface area contributed by atoms with Crippen molar-refractivity contribution in [3.63, 3.8) is 0 Å². The molecule has 1 amide bonds. The predicted octanol–water partition coefficient (Wildman–Crippen LogP) is 1.49. The van der Waals surface area contributed by atoms with E-state index in [2.05, 4.69) is 26.0 Å². The van der Waals surface area contributed by atoms with Gasteiger partial charge in [-0.15, -0.1) is 11.3 Å². The van der Waals surface area contributed by atoms with Crippen LogP contribution in [0.25, 0.3) is 0 Å². The molecule has 1 rings (SSSR count). The second kappa shape index (κ2) is 6.65. The van der Waals surface area contributed by atoms with Gasteiger partial charge in [-0.25, -0.2) is 13.1 Å². The summed E-state index contributed by atoms with van der Waals surface area (Å²) in [6.45, 7) is 2.69. The third-order valence-corrected chi connectivity index (χ3v) is 4.95. The van der Waals surface area contributed by atoms with Gasteiger partial charge in [-0.05, 0) is 40.9 Å². The van der Waals surface area contributed by atoms with Gasteiger partial charge in [0.05, 0.1) is 14.9 Å². The molecular formula is C10H15BrN2O3S2. The lowest BCUT2D eigenvalue weighted by atomic mass is 10.3. The minimum Gasteiger partial charge on any atom is -0.351 e. The third kappa shape index (κ3) is 5.47. The zero-order valence-corrected chi connectivity index (χ0v) is 13.3. The third-order valence-electron chi connectivity index (χ3n) is 2.08. The van der Waals surface area contributed by atoms with Crippen LogP contribution in [0.5, 0.6) is 0 Å². The van der Waals surface area contributed by atoms with Crippen LogP contribution in [0.2, 0.25) is 0 Å². The molecule has 1 aromatic heterocycles. The topological polar surface area (TPSA) is 75.3 Å². The fourth-order valence-electron chi connectivity index (χ4n) is 1.21. The van der Waals surface area contributed by atoms with Crippen molar-refractivity contribution < 1.29 is 13.2 Å². The maximum atomic E-state index is 11.7. The summed E-state index contributed by atoms with van der Waals surface area (Å²) in [4.78, 5) is 12.4. The summed E-state index contributed by atoms with van der Waals surface area (Å²) in [5.41, 5.74) is 1.03. The van der Waals surface area contributed by atoms with E-state index in [1.807, 2.05) is 13.0 Å². The van der Waals surface area contributed by atoms with Gasteiger partial charge in [-0.2, -0.15) is 0 Å². The predicted molar refractivity (Wildman–Crippen MR) is 76.6 cm³/mol. The van der Waals surface area contributed by atoms with E-state index in [1.165, 1.54) is 11.3 Å². The Bertz CT molecular complexity index is 506. The molecule has 0 unspecified atom stereocenters. The SMILES string of the molecule is Cc1cc(C(=O)NCCCNS(C)(=O)=O)sc1Br. The molecule has 2 N–H and O–H groups in total. The molecule has 0 aliphatic heterocycles. The van der Waals surface area contributed by atoms with Crippen LogP contribution >= 0.6 is 27.3 Å². The van der Waals surface area contributed by atoms with Gasteiger partial charge in [-0.3, -0.25) is 4.79 Å². The van der Waals surface area contributed by atoms with Gasteiger partial charge in [0.25, 0.3) is 5.91 Å². The standard InChI is InChI=1S/C10H15BrN2O3S2/c1-7-6-8(17-9(7)11)10(14)12-4-3-5-13-18(2,15)16/h6,13H,3-5H2,1-2H3,(H,12,14). The van der Waals surface area contributed by atoms with Gasteiger partial charge in [0.2, 0.25) is 10.0 Å². The summed E-state index contributed by atoms with van der Waals surface area (Å²) in [7, 11) is -3.15. The first-order valence-corrected chi connectivity index (χ1v) is 8.78. The number of carbonyl (C=O) groups excluding carboxylic acids is 1. The highest BCUT2D eigenvalue weighted by atomic mass is 79.9. The van der Waals surface area contributed by atoms with Crippen molar-refractivity contribution in [2.75, 3.05) is 19.3 Å². The number of aryl methyl sites for hydroxylation is 1. The highest BCUT2D eigenvalue weighted by Gasteiger charge is 2.10. The van der Waals surface area contributed by atoms with Crippen molar-refractivity contribution in [1.29, 1.82) is 0 Å². The molecule has 0 saturated heterocycles. The quantitative estimate of drug-likeness (QED) is 0.760. The first kappa shape index (κ1) is 15.6. The van der Waals surface area contributed by atoms with Crippen LogP contribution in [0, 0.1) is 6.92 Å². The Balaban J connectivity index is 2.30. The Morgan fingerprint density at radius 3 is 2.61 bits per heavy atom. The van der Waals surface area contributed by atoms with Gasteiger partial charge in [0, 0.05) is 13.1 Å².